The quantitative estimate of drug-likeness (QED) is 0.775. The van der Waals surface area contributed by atoms with Crippen molar-refractivity contribution < 1.29 is 4.74 Å². The van der Waals surface area contributed by atoms with Crippen LogP contribution >= 0.6 is 0 Å². The van der Waals surface area contributed by atoms with Crippen molar-refractivity contribution >= 4 is 0 Å². The lowest BCUT2D eigenvalue weighted by atomic mass is 9.75. The monoisotopic (exact) mass is 394 g/mol. The van der Waals surface area contributed by atoms with E-state index in [9.17, 15) is 0 Å². The molecule has 0 spiro atoms. The average molecular weight is 395 g/mol. The summed E-state index contributed by atoms with van der Waals surface area (Å²) in [5, 5.41) is 0. The molecule has 2 bridgehead atoms. The Hall–Kier alpha value is -1.85. The number of para-hydroxylation sites is 1. The number of nitrogens with one attached hydrogen (secondary N) is 1. The molecule has 156 valence electrons. The first-order valence-electron chi connectivity index (χ1n) is 11.4. The second kappa shape index (κ2) is 8.11. The van der Waals surface area contributed by atoms with Crippen LogP contribution in [0.4, 0.5) is 0 Å². The van der Waals surface area contributed by atoms with Crippen LogP contribution in [-0.4, -0.2) is 58.6 Å². The van der Waals surface area contributed by atoms with E-state index >= 15 is 0 Å². The van der Waals surface area contributed by atoms with Crippen molar-refractivity contribution in [3.05, 3.63) is 47.5 Å². The summed E-state index contributed by atoms with van der Waals surface area (Å²) in [6.45, 7) is 6.84. The molecule has 4 saturated heterocycles. The van der Waals surface area contributed by atoms with E-state index in [-0.39, 0.29) is 0 Å². The summed E-state index contributed by atoms with van der Waals surface area (Å²) >= 11 is 0. The molecule has 29 heavy (non-hydrogen) atoms. The fourth-order valence-corrected chi connectivity index (χ4v) is 6.14. The molecule has 1 aromatic heterocycles. The predicted molar refractivity (Wildman–Crippen MR) is 115 cm³/mol. The summed E-state index contributed by atoms with van der Waals surface area (Å²) in [6.07, 6.45) is 8.24. The molecule has 0 amide bonds. The number of hydrogen-bond donors (Lipinski definition) is 1. The van der Waals surface area contributed by atoms with Gasteiger partial charge in [-0.2, -0.15) is 0 Å². The highest BCUT2D eigenvalue weighted by Crippen LogP contribution is 2.48. The van der Waals surface area contributed by atoms with E-state index in [1.165, 1.54) is 50.0 Å². The molecule has 6 rings (SSSR count). The number of benzene rings is 1. The lowest BCUT2D eigenvalue weighted by Crippen LogP contribution is -2.60. The maximum absolute atomic E-state index is 5.76. The van der Waals surface area contributed by atoms with Crippen LogP contribution in [0.25, 0.3) is 0 Å². The van der Waals surface area contributed by atoms with Gasteiger partial charge in [-0.05, 0) is 44.3 Å². The Labute approximate surface area is 174 Å². The largest absolute Gasteiger partial charge is 0.496 e. The number of aryl methyl sites for hydroxylation is 1. The van der Waals surface area contributed by atoms with E-state index in [0.29, 0.717) is 18.0 Å². The van der Waals surface area contributed by atoms with E-state index in [4.69, 9.17) is 4.74 Å². The minimum absolute atomic E-state index is 0.515. The van der Waals surface area contributed by atoms with Crippen LogP contribution in [0.15, 0.2) is 30.5 Å². The SMILES string of the molecule is CCCCc1ncc(CN2C[C@H](c3ccccc3OC)[C@@H]3[C@H]2C2CCN3CC2)[nH]1. The summed E-state index contributed by atoms with van der Waals surface area (Å²) in [7, 11) is 1.80. The van der Waals surface area contributed by atoms with Gasteiger partial charge in [0.1, 0.15) is 11.6 Å². The van der Waals surface area contributed by atoms with Crippen molar-refractivity contribution in [1.29, 1.82) is 0 Å². The molecule has 4 fully saturated rings. The van der Waals surface area contributed by atoms with Crippen molar-refractivity contribution in [3.63, 3.8) is 0 Å². The van der Waals surface area contributed by atoms with Gasteiger partial charge in [-0.3, -0.25) is 9.80 Å². The van der Waals surface area contributed by atoms with Gasteiger partial charge in [-0.1, -0.05) is 31.5 Å². The van der Waals surface area contributed by atoms with Gasteiger partial charge in [0.25, 0.3) is 0 Å². The Balaban J connectivity index is 1.41. The van der Waals surface area contributed by atoms with Gasteiger partial charge in [0, 0.05) is 55.0 Å². The molecule has 0 aliphatic carbocycles. The van der Waals surface area contributed by atoms with Crippen LogP contribution < -0.4 is 4.74 Å². The Morgan fingerprint density at radius 2 is 2.00 bits per heavy atom. The van der Waals surface area contributed by atoms with Crippen molar-refractivity contribution in [2.45, 2.75) is 63.6 Å². The van der Waals surface area contributed by atoms with Gasteiger partial charge >= 0.3 is 0 Å². The second-order valence-electron chi connectivity index (χ2n) is 9.09. The van der Waals surface area contributed by atoms with Gasteiger partial charge in [-0.25, -0.2) is 4.98 Å². The third kappa shape index (κ3) is 3.49. The number of imidazole rings is 1. The number of rotatable bonds is 7. The Morgan fingerprint density at radius 3 is 2.79 bits per heavy atom. The van der Waals surface area contributed by atoms with E-state index in [1.54, 1.807) is 7.11 Å². The number of likely N-dealkylation sites (tertiary alicyclic amines) is 1. The molecule has 5 nitrogen and oxygen atoms in total. The Morgan fingerprint density at radius 1 is 1.17 bits per heavy atom. The van der Waals surface area contributed by atoms with Crippen molar-refractivity contribution in [1.82, 2.24) is 19.8 Å². The van der Waals surface area contributed by atoms with Gasteiger partial charge in [0.15, 0.2) is 0 Å². The average Bonchev–Trinajstić information content (AvgIpc) is 3.39. The number of hydrogen-bond acceptors (Lipinski definition) is 4. The summed E-state index contributed by atoms with van der Waals surface area (Å²) in [5.41, 5.74) is 2.65. The summed E-state index contributed by atoms with van der Waals surface area (Å²) in [4.78, 5) is 13.8. The first-order valence-corrected chi connectivity index (χ1v) is 11.4. The third-order valence-corrected chi connectivity index (χ3v) is 7.45. The standard InChI is InChI=1S/C24H34N4O/c1-3-4-9-22-25-14-18(26-22)15-28-16-20(19-7-5-6-8-21(19)29-2)24-23(28)17-10-12-27(24)13-11-17/h5-8,14,17,20,23-24H,3-4,9-13,15-16H2,1-2H3,(H,25,26)/t20-,23-,24-/m1/s1. The Bertz CT molecular complexity index is 826. The maximum atomic E-state index is 5.76. The van der Waals surface area contributed by atoms with Crippen LogP contribution in [0.2, 0.25) is 0 Å². The first-order chi connectivity index (χ1) is 14.3. The predicted octanol–water partition coefficient (Wildman–Crippen LogP) is 3.82. The van der Waals surface area contributed by atoms with Crippen molar-refractivity contribution in [3.8, 4) is 5.75 Å². The molecule has 0 saturated carbocycles. The van der Waals surface area contributed by atoms with Gasteiger partial charge in [-0.15, -0.1) is 0 Å². The van der Waals surface area contributed by atoms with E-state index < -0.39 is 0 Å². The molecule has 1 N–H and O–H groups in total. The van der Waals surface area contributed by atoms with Crippen LogP contribution in [0.1, 0.15) is 55.6 Å². The number of ether oxygens (including phenoxy) is 1. The number of aromatic nitrogens is 2. The van der Waals surface area contributed by atoms with Gasteiger partial charge < -0.3 is 9.72 Å². The van der Waals surface area contributed by atoms with Crippen molar-refractivity contribution in [2.75, 3.05) is 26.7 Å². The molecule has 0 unspecified atom stereocenters. The molecular formula is C24H34N4O. The number of nitrogens with zero attached hydrogens (tertiary/aromatic N) is 3. The third-order valence-electron chi connectivity index (χ3n) is 7.45. The van der Waals surface area contributed by atoms with Crippen LogP contribution in [-0.2, 0) is 13.0 Å². The highest BCUT2D eigenvalue weighted by Gasteiger charge is 2.53. The van der Waals surface area contributed by atoms with E-state index in [2.05, 4.69) is 57.2 Å². The molecule has 2 aromatic rings. The minimum atomic E-state index is 0.515. The molecule has 5 heterocycles. The highest BCUT2D eigenvalue weighted by molar-refractivity contribution is 5.39. The zero-order valence-electron chi connectivity index (χ0n) is 17.8. The number of unbranched alkanes of at least 4 members (excludes halogenated alkanes) is 1. The summed E-state index contributed by atoms with van der Waals surface area (Å²) in [5.74, 6) is 3.53. The van der Waals surface area contributed by atoms with E-state index in [0.717, 1.165) is 37.0 Å². The van der Waals surface area contributed by atoms with E-state index in [1.807, 2.05) is 0 Å². The molecule has 3 atom stereocenters. The Kier molecular flexibility index (Phi) is 5.35. The fourth-order valence-electron chi connectivity index (χ4n) is 6.14. The van der Waals surface area contributed by atoms with Gasteiger partial charge in [0.2, 0.25) is 0 Å². The zero-order valence-corrected chi connectivity index (χ0v) is 17.8. The number of fused-ring (bicyclic) bond motifs is 2. The number of methoxy groups -OCH3 is 1. The number of aromatic amines is 1. The molecule has 4 aliphatic heterocycles. The minimum Gasteiger partial charge on any atom is -0.496 e. The molecule has 0 radical (unpaired) electrons. The van der Waals surface area contributed by atoms with Crippen LogP contribution in [0.3, 0.4) is 0 Å². The lowest BCUT2D eigenvalue weighted by Gasteiger charge is -2.51. The molecule has 4 aliphatic rings. The topological polar surface area (TPSA) is 44.4 Å². The summed E-state index contributed by atoms with van der Waals surface area (Å²) in [6, 6.07) is 9.92. The number of piperidine rings is 3. The zero-order chi connectivity index (χ0) is 19.8. The molecule has 1 aromatic carbocycles. The van der Waals surface area contributed by atoms with Crippen molar-refractivity contribution in [2.24, 2.45) is 5.92 Å². The fraction of sp³-hybridized carbons (Fsp3) is 0.625. The van der Waals surface area contributed by atoms with Crippen LogP contribution in [0, 0.1) is 5.92 Å². The smallest absolute Gasteiger partial charge is 0.122 e. The highest BCUT2D eigenvalue weighted by atomic mass is 16.5. The number of H-pyrrole nitrogens is 1. The second-order valence-corrected chi connectivity index (χ2v) is 9.09. The lowest BCUT2D eigenvalue weighted by molar-refractivity contribution is -0.00905. The molecule has 5 heteroatoms. The van der Waals surface area contributed by atoms with Crippen LogP contribution in [0.5, 0.6) is 5.75 Å². The van der Waals surface area contributed by atoms with Gasteiger partial charge in [0.05, 0.1) is 7.11 Å². The summed E-state index contributed by atoms with van der Waals surface area (Å²) < 4.78 is 5.76. The first kappa shape index (κ1) is 19.1. The molecular weight excluding hydrogens is 360 g/mol. The normalized spacial score (nSPS) is 31.2. The maximum Gasteiger partial charge on any atom is 0.122 e.